The number of nitrogens with zero attached hydrogens (tertiary/aromatic N) is 5. The molecule has 2 heterocycles. The van der Waals surface area contributed by atoms with Gasteiger partial charge in [0.1, 0.15) is 16.6 Å². The number of carbonyl (C=O) groups is 1. The van der Waals surface area contributed by atoms with Crippen LogP contribution in [0.5, 0.6) is 0 Å². The van der Waals surface area contributed by atoms with Crippen LogP contribution < -0.4 is 5.32 Å². The van der Waals surface area contributed by atoms with Gasteiger partial charge in [0.15, 0.2) is 5.69 Å². The van der Waals surface area contributed by atoms with Crippen LogP contribution in [-0.4, -0.2) is 37.5 Å². The first kappa shape index (κ1) is 17.1. The second kappa shape index (κ2) is 7.43. The number of amides is 1. The fraction of sp³-hybridized carbons (Fsp3) is 0.267. The average molecular weight is 364 g/mol. The van der Waals surface area contributed by atoms with Crippen molar-refractivity contribution >= 4 is 17.2 Å². The van der Waals surface area contributed by atoms with Crippen LogP contribution in [0, 0.1) is 0 Å². The Morgan fingerprint density at radius 1 is 1.24 bits per heavy atom. The molecular formula is C15H14F2N6OS. The van der Waals surface area contributed by atoms with Gasteiger partial charge in [0, 0.05) is 5.56 Å². The molecule has 3 aromatic rings. The van der Waals surface area contributed by atoms with Gasteiger partial charge >= 0.3 is 0 Å². The number of halogens is 2. The summed E-state index contributed by atoms with van der Waals surface area (Å²) >= 11 is 1.37. The van der Waals surface area contributed by atoms with E-state index in [2.05, 4.69) is 25.8 Å². The first-order valence-corrected chi connectivity index (χ1v) is 8.22. The van der Waals surface area contributed by atoms with Crippen LogP contribution >= 0.6 is 11.3 Å². The molecule has 0 aliphatic rings. The van der Waals surface area contributed by atoms with Crippen LogP contribution in [-0.2, 0) is 6.54 Å². The molecule has 10 heteroatoms. The Morgan fingerprint density at radius 2 is 2.00 bits per heavy atom. The smallest absolute Gasteiger partial charge is 0.274 e. The Kier molecular flexibility index (Phi) is 5.08. The van der Waals surface area contributed by atoms with E-state index in [0.717, 1.165) is 15.3 Å². The zero-order valence-electron chi connectivity index (χ0n) is 13.1. The molecule has 130 valence electrons. The Labute approximate surface area is 145 Å². The number of hydrogen-bond donors (Lipinski definition) is 1. The van der Waals surface area contributed by atoms with Gasteiger partial charge in [-0.1, -0.05) is 46.9 Å². The predicted molar refractivity (Wildman–Crippen MR) is 87.3 cm³/mol. The molecule has 0 saturated carbocycles. The molecule has 1 N–H and O–H groups in total. The molecule has 0 aliphatic carbocycles. The van der Waals surface area contributed by atoms with Crippen molar-refractivity contribution in [1.82, 2.24) is 30.5 Å². The fourth-order valence-electron chi connectivity index (χ4n) is 2.07. The SMILES string of the molecule is CC(NC(=O)c1cn(CC(F)F)nn1)c1nnc(-c2ccccc2)s1. The van der Waals surface area contributed by atoms with Crippen molar-refractivity contribution in [3.63, 3.8) is 0 Å². The first-order valence-electron chi connectivity index (χ1n) is 7.41. The number of alkyl halides is 2. The highest BCUT2D eigenvalue weighted by Gasteiger charge is 2.19. The van der Waals surface area contributed by atoms with Gasteiger partial charge in [-0.05, 0) is 6.92 Å². The van der Waals surface area contributed by atoms with Crippen molar-refractivity contribution in [2.24, 2.45) is 0 Å². The van der Waals surface area contributed by atoms with Crippen molar-refractivity contribution in [2.45, 2.75) is 25.9 Å². The molecule has 0 fully saturated rings. The highest BCUT2D eigenvalue weighted by molar-refractivity contribution is 7.14. The van der Waals surface area contributed by atoms with Gasteiger partial charge in [-0.3, -0.25) is 4.79 Å². The van der Waals surface area contributed by atoms with Gasteiger partial charge in [-0.15, -0.1) is 15.3 Å². The van der Waals surface area contributed by atoms with Crippen LogP contribution in [0.3, 0.4) is 0 Å². The Bertz CT molecular complexity index is 851. The van der Waals surface area contributed by atoms with Crippen LogP contribution in [0.4, 0.5) is 8.78 Å². The number of carbonyl (C=O) groups excluding carboxylic acids is 1. The number of rotatable bonds is 6. The summed E-state index contributed by atoms with van der Waals surface area (Å²) in [5.74, 6) is -0.510. The molecule has 0 aliphatic heterocycles. The van der Waals surface area contributed by atoms with Gasteiger partial charge in [0.2, 0.25) is 0 Å². The van der Waals surface area contributed by atoms with E-state index in [1.54, 1.807) is 6.92 Å². The number of aromatic nitrogens is 5. The molecule has 1 aromatic carbocycles. The van der Waals surface area contributed by atoms with Crippen molar-refractivity contribution in [1.29, 1.82) is 0 Å². The van der Waals surface area contributed by atoms with Gasteiger partial charge in [-0.25, -0.2) is 13.5 Å². The van der Waals surface area contributed by atoms with E-state index >= 15 is 0 Å². The summed E-state index contributed by atoms with van der Waals surface area (Å²) < 4.78 is 25.5. The Hall–Kier alpha value is -2.75. The van der Waals surface area contributed by atoms with E-state index in [1.807, 2.05) is 30.3 Å². The van der Waals surface area contributed by atoms with Crippen molar-refractivity contribution in [2.75, 3.05) is 0 Å². The van der Waals surface area contributed by atoms with Crippen LogP contribution in [0.15, 0.2) is 36.5 Å². The molecule has 1 atom stereocenters. The lowest BCUT2D eigenvalue weighted by atomic mass is 10.2. The summed E-state index contributed by atoms with van der Waals surface area (Å²) in [6.45, 7) is 1.16. The molecule has 0 radical (unpaired) electrons. The van der Waals surface area contributed by atoms with Crippen molar-refractivity contribution < 1.29 is 13.6 Å². The standard InChI is InChI=1S/C15H14F2N6OS/c1-9(14-20-21-15(25-14)10-5-3-2-4-6-10)18-13(24)11-7-23(22-19-11)8-12(16)17/h2-7,9,12H,8H2,1H3,(H,18,24). The first-order chi connectivity index (χ1) is 12.0. The minimum absolute atomic E-state index is 0.0275. The summed E-state index contributed by atoms with van der Waals surface area (Å²) in [5.41, 5.74) is 0.917. The lowest BCUT2D eigenvalue weighted by molar-refractivity contribution is 0.0934. The Balaban J connectivity index is 1.66. The molecule has 0 bridgehead atoms. The fourth-order valence-corrected chi connectivity index (χ4v) is 2.92. The number of nitrogens with one attached hydrogen (secondary N) is 1. The topological polar surface area (TPSA) is 85.6 Å². The summed E-state index contributed by atoms with van der Waals surface area (Å²) in [4.78, 5) is 12.1. The second-order valence-electron chi connectivity index (χ2n) is 5.22. The number of hydrogen-bond acceptors (Lipinski definition) is 6. The Morgan fingerprint density at radius 3 is 2.72 bits per heavy atom. The monoisotopic (exact) mass is 364 g/mol. The summed E-state index contributed by atoms with van der Waals surface area (Å²) in [6.07, 6.45) is -1.38. The molecule has 2 aromatic heterocycles. The van der Waals surface area contributed by atoms with Crippen LogP contribution in [0.2, 0.25) is 0 Å². The molecule has 7 nitrogen and oxygen atoms in total. The summed E-state index contributed by atoms with van der Waals surface area (Å²) in [5, 5.41) is 19.4. The highest BCUT2D eigenvalue weighted by Crippen LogP contribution is 2.26. The molecule has 0 spiro atoms. The number of benzene rings is 1. The third kappa shape index (κ3) is 4.21. The van der Waals surface area contributed by atoms with Crippen LogP contribution in [0.1, 0.15) is 28.5 Å². The van der Waals surface area contributed by atoms with E-state index in [9.17, 15) is 13.6 Å². The maximum absolute atomic E-state index is 12.3. The molecular weight excluding hydrogens is 350 g/mol. The summed E-state index contributed by atoms with van der Waals surface area (Å²) in [7, 11) is 0. The quantitative estimate of drug-likeness (QED) is 0.726. The maximum atomic E-state index is 12.3. The van der Waals surface area contributed by atoms with Gasteiger partial charge < -0.3 is 5.32 Å². The lowest BCUT2D eigenvalue weighted by Gasteiger charge is -2.08. The van der Waals surface area contributed by atoms with Gasteiger partial charge in [0.25, 0.3) is 12.3 Å². The van der Waals surface area contributed by atoms with E-state index in [1.165, 1.54) is 17.5 Å². The van der Waals surface area contributed by atoms with Crippen molar-refractivity contribution in [3.8, 4) is 10.6 Å². The van der Waals surface area contributed by atoms with Gasteiger partial charge in [0.05, 0.1) is 12.2 Å². The predicted octanol–water partition coefficient (Wildman–Crippen LogP) is 2.55. The van der Waals surface area contributed by atoms with E-state index in [-0.39, 0.29) is 5.69 Å². The lowest BCUT2D eigenvalue weighted by Crippen LogP contribution is -2.27. The zero-order chi connectivity index (χ0) is 17.8. The van der Waals surface area contributed by atoms with E-state index in [4.69, 9.17) is 0 Å². The van der Waals surface area contributed by atoms with E-state index in [0.29, 0.717) is 5.01 Å². The maximum Gasteiger partial charge on any atom is 0.274 e. The second-order valence-corrected chi connectivity index (χ2v) is 6.23. The summed E-state index contributed by atoms with van der Waals surface area (Å²) in [6, 6.07) is 9.18. The van der Waals surface area contributed by atoms with Crippen molar-refractivity contribution in [3.05, 3.63) is 47.2 Å². The normalized spacial score (nSPS) is 12.3. The minimum atomic E-state index is -2.56. The molecule has 0 saturated heterocycles. The molecule has 1 amide bonds. The molecule has 25 heavy (non-hydrogen) atoms. The zero-order valence-corrected chi connectivity index (χ0v) is 14.0. The molecule has 3 rings (SSSR count). The van der Waals surface area contributed by atoms with Gasteiger partial charge in [-0.2, -0.15) is 0 Å². The largest absolute Gasteiger partial charge is 0.342 e. The van der Waals surface area contributed by atoms with Crippen LogP contribution in [0.25, 0.3) is 10.6 Å². The minimum Gasteiger partial charge on any atom is -0.342 e. The third-order valence-electron chi connectivity index (χ3n) is 3.28. The average Bonchev–Trinajstić information content (AvgIpc) is 3.24. The highest BCUT2D eigenvalue weighted by atomic mass is 32.1. The third-order valence-corrected chi connectivity index (χ3v) is 4.43. The molecule has 1 unspecified atom stereocenters. The van der Waals surface area contributed by atoms with E-state index < -0.39 is 24.9 Å².